The second-order valence-electron chi connectivity index (χ2n) is 4.38. The van der Waals surface area contributed by atoms with Crippen LogP contribution in [0.5, 0.6) is 11.5 Å². The molecule has 2 aromatic rings. The Hall–Kier alpha value is -2.36. The topological polar surface area (TPSA) is 48.4 Å². The lowest BCUT2D eigenvalue weighted by Gasteiger charge is -2.25. The maximum Gasteiger partial charge on any atom is 0.170 e. The lowest BCUT2D eigenvalue weighted by atomic mass is 9.97. The van der Waals surface area contributed by atoms with Gasteiger partial charge in [0, 0.05) is 24.0 Å². The van der Waals surface area contributed by atoms with Gasteiger partial charge in [-0.15, -0.1) is 0 Å². The van der Waals surface area contributed by atoms with Crippen molar-refractivity contribution < 1.29 is 14.3 Å². The zero-order chi connectivity index (χ0) is 13.2. The summed E-state index contributed by atoms with van der Waals surface area (Å²) < 4.78 is 11.0. The van der Waals surface area contributed by atoms with E-state index in [1.807, 2.05) is 12.1 Å². The van der Waals surface area contributed by atoms with E-state index in [1.165, 1.54) is 0 Å². The first-order valence-corrected chi connectivity index (χ1v) is 6.06. The molecule has 1 atom stereocenters. The molecular formula is C15H13NO3. The molecule has 2 heterocycles. The van der Waals surface area contributed by atoms with Crippen LogP contribution >= 0.6 is 0 Å². The molecule has 1 aliphatic heterocycles. The molecule has 1 aromatic carbocycles. The van der Waals surface area contributed by atoms with Gasteiger partial charge >= 0.3 is 0 Å². The van der Waals surface area contributed by atoms with E-state index in [0.29, 0.717) is 23.5 Å². The zero-order valence-electron chi connectivity index (χ0n) is 10.5. The van der Waals surface area contributed by atoms with Crippen molar-refractivity contribution in [2.45, 2.75) is 12.5 Å². The maximum atomic E-state index is 12.1. The molecular weight excluding hydrogens is 242 g/mol. The summed E-state index contributed by atoms with van der Waals surface area (Å²) in [6.45, 7) is 0. The summed E-state index contributed by atoms with van der Waals surface area (Å²) in [5, 5.41) is 0. The molecule has 3 rings (SSSR count). The van der Waals surface area contributed by atoms with Crippen molar-refractivity contribution in [3.05, 3.63) is 53.9 Å². The third-order valence-electron chi connectivity index (χ3n) is 3.19. The van der Waals surface area contributed by atoms with Crippen LogP contribution in [0.15, 0.2) is 42.7 Å². The number of aromatic nitrogens is 1. The van der Waals surface area contributed by atoms with Gasteiger partial charge in [0.05, 0.1) is 19.1 Å². The highest BCUT2D eigenvalue weighted by Gasteiger charge is 2.27. The van der Waals surface area contributed by atoms with Gasteiger partial charge in [-0.1, -0.05) is 6.07 Å². The number of carbonyl (C=O) groups is 1. The molecule has 0 N–H and O–H groups in total. The molecule has 0 aliphatic carbocycles. The number of fused-ring (bicyclic) bond motifs is 1. The van der Waals surface area contributed by atoms with Gasteiger partial charge in [-0.25, -0.2) is 0 Å². The van der Waals surface area contributed by atoms with Crippen LogP contribution in [0, 0.1) is 0 Å². The predicted octanol–water partition coefficient (Wildman–Crippen LogP) is 2.80. The summed E-state index contributed by atoms with van der Waals surface area (Å²) >= 11 is 0. The fourth-order valence-electron chi connectivity index (χ4n) is 2.18. The number of nitrogens with zero attached hydrogens (tertiary/aromatic N) is 1. The average molecular weight is 255 g/mol. The van der Waals surface area contributed by atoms with Gasteiger partial charge in [-0.05, 0) is 18.2 Å². The zero-order valence-corrected chi connectivity index (χ0v) is 10.5. The molecule has 0 bridgehead atoms. The summed E-state index contributed by atoms with van der Waals surface area (Å²) in [5.41, 5.74) is 1.52. The van der Waals surface area contributed by atoms with E-state index in [0.717, 1.165) is 5.56 Å². The van der Waals surface area contributed by atoms with Crippen molar-refractivity contribution in [1.29, 1.82) is 0 Å². The van der Waals surface area contributed by atoms with Crippen LogP contribution in [0.3, 0.4) is 0 Å². The van der Waals surface area contributed by atoms with E-state index in [4.69, 9.17) is 9.47 Å². The van der Waals surface area contributed by atoms with Crippen molar-refractivity contribution in [2.75, 3.05) is 7.11 Å². The molecule has 96 valence electrons. The number of carbonyl (C=O) groups excluding carboxylic acids is 1. The highest BCUT2D eigenvalue weighted by Crippen LogP contribution is 2.36. The Kier molecular flexibility index (Phi) is 2.91. The Balaban J connectivity index is 1.96. The van der Waals surface area contributed by atoms with Crippen LogP contribution in [-0.4, -0.2) is 17.9 Å². The highest BCUT2D eigenvalue weighted by molar-refractivity contribution is 6.00. The summed E-state index contributed by atoms with van der Waals surface area (Å²) in [7, 11) is 1.59. The van der Waals surface area contributed by atoms with Crippen LogP contribution in [-0.2, 0) is 0 Å². The van der Waals surface area contributed by atoms with Gasteiger partial charge in [0.1, 0.15) is 17.6 Å². The van der Waals surface area contributed by atoms with E-state index >= 15 is 0 Å². The van der Waals surface area contributed by atoms with Crippen molar-refractivity contribution in [3.63, 3.8) is 0 Å². The number of benzene rings is 1. The second-order valence-corrected chi connectivity index (χ2v) is 4.38. The Labute approximate surface area is 111 Å². The summed E-state index contributed by atoms with van der Waals surface area (Å²) in [6.07, 6.45) is 3.49. The average Bonchev–Trinajstić information content (AvgIpc) is 2.47. The van der Waals surface area contributed by atoms with E-state index in [1.54, 1.807) is 37.7 Å². The van der Waals surface area contributed by atoms with Crippen molar-refractivity contribution in [2.24, 2.45) is 0 Å². The van der Waals surface area contributed by atoms with E-state index < -0.39 is 0 Å². The Morgan fingerprint density at radius 2 is 2.26 bits per heavy atom. The number of rotatable bonds is 2. The number of hydrogen-bond donors (Lipinski definition) is 0. The van der Waals surface area contributed by atoms with Crippen LogP contribution in [0.1, 0.15) is 28.4 Å². The largest absolute Gasteiger partial charge is 0.497 e. The normalized spacial score (nSPS) is 17.5. The SMILES string of the molecule is COc1ccc2c(c1)O[C@@H](c1cccnc1)CC2=O. The number of hydrogen-bond acceptors (Lipinski definition) is 4. The van der Waals surface area contributed by atoms with Crippen LogP contribution in [0.2, 0.25) is 0 Å². The van der Waals surface area contributed by atoms with Gasteiger partial charge in [0.2, 0.25) is 0 Å². The van der Waals surface area contributed by atoms with Gasteiger partial charge in [0.25, 0.3) is 0 Å². The fourth-order valence-corrected chi connectivity index (χ4v) is 2.18. The van der Waals surface area contributed by atoms with Gasteiger partial charge < -0.3 is 9.47 Å². The third kappa shape index (κ3) is 2.17. The van der Waals surface area contributed by atoms with Gasteiger partial charge in [-0.2, -0.15) is 0 Å². The molecule has 4 heteroatoms. The summed E-state index contributed by atoms with van der Waals surface area (Å²) in [4.78, 5) is 16.2. The monoisotopic (exact) mass is 255 g/mol. The lowest BCUT2D eigenvalue weighted by molar-refractivity contribution is 0.0849. The second kappa shape index (κ2) is 4.72. The number of ketones is 1. The molecule has 4 nitrogen and oxygen atoms in total. The van der Waals surface area contributed by atoms with Crippen LogP contribution in [0.4, 0.5) is 0 Å². The van der Waals surface area contributed by atoms with Crippen molar-refractivity contribution in [3.8, 4) is 11.5 Å². The molecule has 0 saturated heterocycles. The Morgan fingerprint density at radius 1 is 1.37 bits per heavy atom. The quantitative estimate of drug-likeness (QED) is 0.828. The molecule has 0 fully saturated rings. The van der Waals surface area contributed by atoms with Crippen LogP contribution < -0.4 is 9.47 Å². The van der Waals surface area contributed by atoms with E-state index in [-0.39, 0.29) is 11.9 Å². The molecule has 19 heavy (non-hydrogen) atoms. The molecule has 1 aliphatic rings. The first kappa shape index (κ1) is 11.7. The first-order chi connectivity index (χ1) is 9.28. The Bertz CT molecular complexity index is 610. The minimum atomic E-state index is -0.277. The summed E-state index contributed by atoms with van der Waals surface area (Å²) in [5.74, 6) is 1.33. The lowest BCUT2D eigenvalue weighted by Crippen LogP contribution is -2.20. The molecule has 0 unspecified atom stereocenters. The molecule has 0 amide bonds. The van der Waals surface area contributed by atoms with Crippen molar-refractivity contribution in [1.82, 2.24) is 4.98 Å². The molecule has 1 aromatic heterocycles. The number of methoxy groups -OCH3 is 1. The van der Waals surface area contributed by atoms with Gasteiger partial charge in [0.15, 0.2) is 5.78 Å². The van der Waals surface area contributed by atoms with E-state index in [2.05, 4.69) is 4.98 Å². The molecule has 0 spiro atoms. The van der Waals surface area contributed by atoms with Gasteiger partial charge in [-0.3, -0.25) is 9.78 Å². The van der Waals surface area contributed by atoms with Crippen LogP contribution in [0.25, 0.3) is 0 Å². The molecule has 0 saturated carbocycles. The highest BCUT2D eigenvalue weighted by atomic mass is 16.5. The van der Waals surface area contributed by atoms with Crippen molar-refractivity contribution >= 4 is 5.78 Å². The number of Topliss-reactive ketones (excluding diaryl/α,β-unsaturated/α-hetero) is 1. The molecule has 0 radical (unpaired) electrons. The maximum absolute atomic E-state index is 12.1. The number of pyridine rings is 1. The third-order valence-corrected chi connectivity index (χ3v) is 3.19. The fraction of sp³-hybridized carbons (Fsp3) is 0.200. The Morgan fingerprint density at radius 3 is 3.00 bits per heavy atom. The smallest absolute Gasteiger partial charge is 0.170 e. The standard InChI is InChI=1S/C15H13NO3/c1-18-11-4-5-12-13(17)8-14(19-15(12)7-11)10-3-2-6-16-9-10/h2-7,9,14H,8H2,1H3/t14-/m1/s1. The number of ether oxygens (including phenoxy) is 2. The summed E-state index contributed by atoms with van der Waals surface area (Å²) in [6, 6.07) is 9.01. The first-order valence-electron chi connectivity index (χ1n) is 6.06. The predicted molar refractivity (Wildman–Crippen MR) is 69.5 cm³/mol. The van der Waals surface area contributed by atoms with E-state index in [9.17, 15) is 4.79 Å². The minimum absolute atomic E-state index is 0.0813. The minimum Gasteiger partial charge on any atom is -0.497 e.